The van der Waals surface area contributed by atoms with Gasteiger partial charge in [0.1, 0.15) is 4.99 Å². The molecule has 0 saturated carbocycles. The smallest absolute Gasteiger partial charge is 0.236 e. The molecule has 110 valence electrons. The lowest BCUT2D eigenvalue weighted by atomic mass is 10.1. The zero-order chi connectivity index (χ0) is 15.1. The van der Waals surface area contributed by atoms with Crippen molar-refractivity contribution in [2.24, 2.45) is 5.73 Å². The average molecular weight is 293 g/mol. The molecule has 1 aromatic rings. The molecule has 1 aromatic carbocycles. The van der Waals surface area contributed by atoms with Crippen LogP contribution >= 0.6 is 12.2 Å². The van der Waals surface area contributed by atoms with Crippen LogP contribution in [0.2, 0.25) is 0 Å². The number of benzene rings is 1. The number of rotatable bonds is 7. The summed E-state index contributed by atoms with van der Waals surface area (Å²) in [7, 11) is 1.93. The molecule has 0 spiro atoms. The van der Waals surface area contributed by atoms with Crippen molar-refractivity contribution in [1.82, 2.24) is 9.80 Å². The van der Waals surface area contributed by atoms with E-state index >= 15 is 0 Å². The monoisotopic (exact) mass is 293 g/mol. The van der Waals surface area contributed by atoms with E-state index in [1.54, 1.807) is 0 Å². The van der Waals surface area contributed by atoms with Crippen LogP contribution in [0.1, 0.15) is 25.0 Å². The topological polar surface area (TPSA) is 49.6 Å². The lowest BCUT2D eigenvalue weighted by Gasteiger charge is -2.23. The van der Waals surface area contributed by atoms with E-state index in [4.69, 9.17) is 18.0 Å². The molecule has 20 heavy (non-hydrogen) atoms. The predicted octanol–water partition coefficient (Wildman–Crippen LogP) is 1.62. The molecular weight excluding hydrogens is 270 g/mol. The van der Waals surface area contributed by atoms with E-state index < -0.39 is 0 Å². The molecule has 1 rings (SSSR count). The van der Waals surface area contributed by atoms with Crippen molar-refractivity contribution < 1.29 is 4.79 Å². The summed E-state index contributed by atoms with van der Waals surface area (Å²) in [5.41, 5.74) is 7.65. The van der Waals surface area contributed by atoms with E-state index in [1.165, 1.54) is 0 Å². The standard InChI is InChI=1S/C15H23N3OS/c1-4-18(5-2)14(19)11-17(3)10-12-8-6-7-9-13(12)15(16)20/h6-9H,4-5,10-11H2,1-3H3,(H2,16,20). The SMILES string of the molecule is CCN(CC)C(=O)CN(C)Cc1ccccc1C(N)=S. The van der Waals surface area contributed by atoms with Crippen LogP contribution in [-0.2, 0) is 11.3 Å². The van der Waals surface area contributed by atoms with Crippen LogP contribution in [0.3, 0.4) is 0 Å². The van der Waals surface area contributed by atoms with Gasteiger partial charge in [0.05, 0.1) is 6.54 Å². The van der Waals surface area contributed by atoms with Gasteiger partial charge < -0.3 is 10.6 Å². The van der Waals surface area contributed by atoms with E-state index in [-0.39, 0.29) is 5.91 Å². The fourth-order valence-electron chi connectivity index (χ4n) is 2.15. The Kier molecular flexibility index (Phi) is 6.61. The summed E-state index contributed by atoms with van der Waals surface area (Å²) < 4.78 is 0. The van der Waals surface area contributed by atoms with Crippen molar-refractivity contribution in [1.29, 1.82) is 0 Å². The van der Waals surface area contributed by atoms with Gasteiger partial charge in [0.15, 0.2) is 0 Å². The van der Waals surface area contributed by atoms with Crippen molar-refractivity contribution in [2.75, 3.05) is 26.7 Å². The maximum atomic E-state index is 12.1. The summed E-state index contributed by atoms with van der Waals surface area (Å²) in [5.74, 6) is 0.144. The number of hydrogen-bond donors (Lipinski definition) is 1. The summed E-state index contributed by atoms with van der Waals surface area (Å²) in [6, 6.07) is 7.78. The fourth-order valence-corrected chi connectivity index (χ4v) is 2.35. The molecule has 4 nitrogen and oxygen atoms in total. The zero-order valence-corrected chi connectivity index (χ0v) is 13.2. The maximum Gasteiger partial charge on any atom is 0.236 e. The Balaban J connectivity index is 2.69. The van der Waals surface area contributed by atoms with Crippen LogP contribution in [0.25, 0.3) is 0 Å². The molecular formula is C15H23N3OS. The van der Waals surface area contributed by atoms with Gasteiger partial charge in [0.25, 0.3) is 0 Å². The van der Waals surface area contributed by atoms with E-state index in [2.05, 4.69) is 0 Å². The van der Waals surface area contributed by atoms with E-state index in [9.17, 15) is 4.79 Å². The molecule has 1 amide bonds. The zero-order valence-electron chi connectivity index (χ0n) is 12.4. The van der Waals surface area contributed by atoms with Crippen LogP contribution in [0, 0.1) is 0 Å². The normalized spacial score (nSPS) is 10.6. The van der Waals surface area contributed by atoms with Gasteiger partial charge in [-0.2, -0.15) is 0 Å². The molecule has 0 heterocycles. The molecule has 0 aliphatic rings. The Morgan fingerprint density at radius 3 is 2.40 bits per heavy atom. The van der Waals surface area contributed by atoms with E-state index in [0.29, 0.717) is 18.1 Å². The maximum absolute atomic E-state index is 12.1. The second kappa shape index (κ2) is 7.97. The van der Waals surface area contributed by atoms with E-state index in [1.807, 2.05) is 55.0 Å². The number of nitrogens with zero attached hydrogens (tertiary/aromatic N) is 2. The van der Waals surface area contributed by atoms with Crippen molar-refractivity contribution in [3.63, 3.8) is 0 Å². The molecule has 0 fully saturated rings. The quantitative estimate of drug-likeness (QED) is 0.776. The lowest BCUT2D eigenvalue weighted by Crippen LogP contribution is -2.38. The van der Waals surface area contributed by atoms with Crippen molar-refractivity contribution >= 4 is 23.1 Å². The third-order valence-corrected chi connectivity index (χ3v) is 3.46. The summed E-state index contributed by atoms with van der Waals surface area (Å²) in [4.78, 5) is 16.3. The Hall–Kier alpha value is -1.46. The molecule has 0 saturated heterocycles. The summed E-state index contributed by atoms with van der Waals surface area (Å²) in [6.45, 7) is 6.51. The van der Waals surface area contributed by atoms with Gasteiger partial charge in [-0.1, -0.05) is 36.5 Å². The number of carbonyl (C=O) groups is 1. The Bertz CT molecular complexity index is 472. The van der Waals surface area contributed by atoms with Gasteiger partial charge >= 0.3 is 0 Å². The van der Waals surface area contributed by atoms with E-state index in [0.717, 1.165) is 24.2 Å². The average Bonchev–Trinajstić information content (AvgIpc) is 2.40. The summed E-state index contributed by atoms with van der Waals surface area (Å²) >= 11 is 5.05. The van der Waals surface area contributed by atoms with Gasteiger partial charge in [-0.3, -0.25) is 9.69 Å². The molecule has 0 aliphatic carbocycles. The van der Waals surface area contributed by atoms with Crippen LogP contribution in [-0.4, -0.2) is 47.4 Å². The largest absolute Gasteiger partial charge is 0.389 e. The third kappa shape index (κ3) is 4.58. The van der Waals surface area contributed by atoms with Crippen molar-refractivity contribution in [3.05, 3.63) is 35.4 Å². The van der Waals surface area contributed by atoms with Gasteiger partial charge in [0.2, 0.25) is 5.91 Å². The van der Waals surface area contributed by atoms with Crippen LogP contribution in [0.15, 0.2) is 24.3 Å². The molecule has 2 N–H and O–H groups in total. The number of nitrogens with two attached hydrogens (primary N) is 1. The Morgan fingerprint density at radius 2 is 1.85 bits per heavy atom. The summed E-state index contributed by atoms with van der Waals surface area (Å²) in [5, 5.41) is 0. The molecule has 0 aromatic heterocycles. The number of thiocarbonyl (C=S) groups is 1. The van der Waals surface area contributed by atoms with Gasteiger partial charge in [-0.25, -0.2) is 0 Å². The van der Waals surface area contributed by atoms with Crippen molar-refractivity contribution in [2.45, 2.75) is 20.4 Å². The number of carbonyl (C=O) groups excluding carboxylic acids is 1. The minimum Gasteiger partial charge on any atom is -0.389 e. The molecule has 0 aliphatic heterocycles. The molecule has 5 heteroatoms. The minimum atomic E-state index is 0.144. The second-order valence-electron chi connectivity index (χ2n) is 4.76. The highest BCUT2D eigenvalue weighted by Crippen LogP contribution is 2.11. The highest BCUT2D eigenvalue weighted by molar-refractivity contribution is 7.80. The molecule has 0 radical (unpaired) electrons. The highest BCUT2D eigenvalue weighted by atomic mass is 32.1. The number of likely N-dealkylation sites (N-methyl/N-ethyl adjacent to an activating group) is 2. The Morgan fingerprint density at radius 1 is 1.25 bits per heavy atom. The number of hydrogen-bond acceptors (Lipinski definition) is 3. The first-order valence-electron chi connectivity index (χ1n) is 6.83. The predicted molar refractivity (Wildman–Crippen MR) is 86.6 cm³/mol. The first-order valence-corrected chi connectivity index (χ1v) is 7.24. The lowest BCUT2D eigenvalue weighted by molar-refractivity contribution is -0.131. The molecule has 0 unspecified atom stereocenters. The fraction of sp³-hybridized carbons (Fsp3) is 0.467. The van der Waals surface area contributed by atoms with Crippen molar-refractivity contribution in [3.8, 4) is 0 Å². The summed E-state index contributed by atoms with van der Waals surface area (Å²) in [6.07, 6.45) is 0. The number of amides is 1. The molecule has 0 atom stereocenters. The highest BCUT2D eigenvalue weighted by Gasteiger charge is 2.14. The third-order valence-electron chi connectivity index (χ3n) is 3.24. The first kappa shape index (κ1) is 16.6. The Labute approximate surface area is 126 Å². The van der Waals surface area contributed by atoms with Gasteiger partial charge in [-0.05, 0) is 26.5 Å². The van der Waals surface area contributed by atoms with Crippen LogP contribution in [0.5, 0.6) is 0 Å². The first-order chi connectivity index (χ1) is 9.49. The minimum absolute atomic E-state index is 0.144. The van der Waals surface area contributed by atoms with Crippen LogP contribution in [0.4, 0.5) is 0 Å². The molecule has 0 bridgehead atoms. The van der Waals surface area contributed by atoms with Crippen LogP contribution < -0.4 is 5.73 Å². The second-order valence-corrected chi connectivity index (χ2v) is 5.20. The van der Waals surface area contributed by atoms with Gasteiger partial charge in [-0.15, -0.1) is 0 Å². The van der Waals surface area contributed by atoms with Gasteiger partial charge in [0, 0.05) is 25.2 Å².